The molecule has 7 heteroatoms. The molecule has 0 aromatic heterocycles. The highest BCUT2D eigenvalue weighted by molar-refractivity contribution is 7.89. The largest absolute Gasteiger partial charge is 0.507 e. The van der Waals surface area contributed by atoms with Crippen molar-refractivity contribution in [2.24, 2.45) is 0 Å². The van der Waals surface area contributed by atoms with Gasteiger partial charge < -0.3 is 10.2 Å². The Bertz CT molecular complexity index is 721. The number of carbonyl (C=O) groups is 1. The number of rotatable bonds is 3. The van der Waals surface area contributed by atoms with E-state index in [-0.39, 0.29) is 11.4 Å². The summed E-state index contributed by atoms with van der Waals surface area (Å²) >= 11 is 0. The normalized spacial score (nSPS) is 16.6. The average molecular weight is 311 g/mol. The van der Waals surface area contributed by atoms with E-state index in [2.05, 4.69) is 0 Å². The Kier molecular flexibility index (Phi) is 4.06. The molecule has 0 radical (unpaired) electrons. The van der Waals surface area contributed by atoms with Crippen LogP contribution < -0.4 is 0 Å². The van der Waals surface area contributed by atoms with E-state index < -0.39 is 27.3 Å². The summed E-state index contributed by atoms with van der Waals surface area (Å²) in [7, 11) is -3.77. The lowest BCUT2D eigenvalue weighted by atomic mass is 10.1. The number of sulfonamides is 1. The van der Waals surface area contributed by atoms with Gasteiger partial charge in [0.15, 0.2) is 0 Å². The molecular formula is C14H17NO5S. The molecular weight excluding hydrogens is 294 g/mol. The minimum Gasteiger partial charge on any atom is -0.507 e. The maximum Gasteiger partial charge on any atom is 0.339 e. The maximum absolute atomic E-state index is 12.6. The molecule has 1 aliphatic rings. The molecule has 0 spiro atoms. The third-order valence-corrected chi connectivity index (χ3v) is 5.55. The second-order valence-electron chi connectivity index (χ2n) is 5.10. The molecule has 0 aliphatic carbocycles. The van der Waals surface area contributed by atoms with E-state index in [9.17, 15) is 18.3 Å². The summed E-state index contributed by atoms with van der Waals surface area (Å²) in [6.07, 6.45) is 2.50. The molecule has 0 bridgehead atoms. The quantitative estimate of drug-likeness (QED) is 0.829. The van der Waals surface area contributed by atoms with Crippen LogP contribution in [0.1, 0.15) is 29.3 Å². The number of aromatic hydroxyl groups is 1. The summed E-state index contributed by atoms with van der Waals surface area (Å²) < 4.78 is 26.6. The zero-order chi connectivity index (χ0) is 15.8. The number of carboxylic acid groups (broad SMARTS) is 1. The Morgan fingerprint density at radius 3 is 2.48 bits per heavy atom. The standard InChI is InChI=1S/C14H17NO5S/c1-9-3-5-15(6-4-9)21(19,20)13-8-11(14(17)18)12(16)7-10(13)2/h3,7-8,16H,4-6H2,1-2H3,(H,17,18). The van der Waals surface area contributed by atoms with Gasteiger partial charge >= 0.3 is 5.97 Å². The Morgan fingerprint density at radius 1 is 1.29 bits per heavy atom. The molecule has 6 nitrogen and oxygen atoms in total. The fourth-order valence-corrected chi connectivity index (χ4v) is 3.84. The van der Waals surface area contributed by atoms with Gasteiger partial charge in [0.05, 0.1) is 4.90 Å². The SMILES string of the molecule is CC1=CCN(S(=O)(=O)c2cc(C(=O)O)c(O)cc2C)CC1. The lowest BCUT2D eigenvalue weighted by Crippen LogP contribution is -2.35. The molecule has 21 heavy (non-hydrogen) atoms. The fourth-order valence-electron chi connectivity index (χ4n) is 2.23. The van der Waals surface area contributed by atoms with Crippen LogP contribution in [0.3, 0.4) is 0 Å². The molecule has 1 aromatic carbocycles. The van der Waals surface area contributed by atoms with Crippen molar-refractivity contribution in [2.45, 2.75) is 25.2 Å². The van der Waals surface area contributed by atoms with E-state index in [4.69, 9.17) is 5.11 Å². The van der Waals surface area contributed by atoms with Crippen LogP contribution in [0.25, 0.3) is 0 Å². The summed E-state index contributed by atoms with van der Waals surface area (Å²) in [4.78, 5) is 11.0. The Balaban J connectivity index is 2.50. The van der Waals surface area contributed by atoms with Gasteiger partial charge in [0, 0.05) is 13.1 Å². The minimum absolute atomic E-state index is 0.0781. The van der Waals surface area contributed by atoms with E-state index >= 15 is 0 Å². The Morgan fingerprint density at radius 2 is 1.95 bits per heavy atom. The van der Waals surface area contributed by atoms with Crippen molar-refractivity contribution in [3.63, 3.8) is 0 Å². The van der Waals surface area contributed by atoms with Crippen molar-refractivity contribution in [2.75, 3.05) is 13.1 Å². The molecule has 0 saturated carbocycles. The van der Waals surface area contributed by atoms with E-state index in [1.807, 2.05) is 13.0 Å². The molecule has 2 N–H and O–H groups in total. The fraction of sp³-hybridized carbons (Fsp3) is 0.357. The first-order chi connectivity index (χ1) is 9.73. The number of carboxylic acids is 1. The number of aromatic carboxylic acids is 1. The third kappa shape index (κ3) is 2.93. The lowest BCUT2D eigenvalue weighted by molar-refractivity contribution is 0.0693. The molecule has 1 heterocycles. The van der Waals surface area contributed by atoms with Crippen LogP contribution in [0.15, 0.2) is 28.7 Å². The number of benzene rings is 1. The zero-order valence-electron chi connectivity index (χ0n) is 11.8. The first-order valence-corrected chi connectivity index (χ1v) is 7.90. The second kappa shape index (κ2) is 5.50. The lowest BCUT2D eigenvalue weighted by Gasteiger charge is -2.25. The van der Waals surface area contributed by atoms with Crippen LogP contribution in [0, 0.1) is 6.92 Å². The highest BCUT2D eigenvalue weighted by atomic mass is 32.2. The van der Waals surface area contributed by atoms with Crippen LogP contribution >= 0.6 is 0 Å². The predicted octanol–water partition coefficient (Wildman–Crippen LogP) is 1.74. The van der Waals surface area contributed by atoms with Gasteiger partial charge in [0.25, 0.3) is 0 Å². The molecule has 114 valence electrons. The molecule has 0 saturated heterocycles. The van der Waals surface area contributed by atoms with Gasteiger partial charge in [-0.25, -0.2) is 13.2 Å². The first-order valence-electron chi connectivity index (χ1n) is 6.46. The Hall–Kier alpha value is -1.86. The third-order valence-electron chi connectivity index (χ3n) is 3.54. The molecule has 1 aliphatic heterocycles. The van der Waals surface area contributed by atoms with Crippen LogP contribution in [0.4, 0.5) is 0 Å². The van der Waals surface area contributed by atoms with Crippen LogP contribution in [0.2, 0.25) is 0 Å². The van der Waals surface area contributed by atoms with E-state index in [1.54, 1.807) is 0 Å². The predicted molar refractivity (Wildman–Crippen MR) is 76.9 cm³/mol. The number of aryl methyl sites for hydroxylation is 1. The van der Waals surface area contributed by atoms with Gasteiger partial charge in [-0.15, -0.1) is 0 Å². The molecule has 0 amide bonds. The van der Waals surface area contributed by atoms with Crippen LogP contribution in [-0.2, 0) is 10.0 Å². The molecule has 1 aromatic rings. The average Bonchev–Trinajstić information content (AvgIpc) is 2.38. The molecule has 2 rings (SSSR count). The summed E-state index contributed by atoms with van der Waals surface area (Å²) in [5.74, 6) is -1.80. The maximum atomic E-state index is 12.6. The molecule has 0 fully saturated rings. The summed E-state index contributed by atoms with van der Waals surface area (Å²) in [5, 5.41) is 18.6. The number of nitrogens with zero attached hydrogens (tertiary/aromatic N) is 1. The monoisotopic (exact) mass is 311 g/mol. The number of hydrogen-bond donors (Lipinski definition) is 2. The van der Waals surface area contributed by atoms with Crippen LogP contribution in [0.5, 0.6) is 5.75 Å². The van der Waals surface area contributed by atoms with Crippen molar-refractivity contribution in [1.82, 2.24) is 4.31 Å². The highest BCUT2D eigenvalue weighted by Crippen LogP contribution is 2.28. The van der Waals surface area contributed by atoms with Crippen molar-refractivity contribution >= 4 is 16.0 Å². The smallest absolute Gasteiger partial charge is 0.339 e. The highest BCUT2D eigenvalue weighted by Gasteiger charge is 2.28. The van der Waals surface area contributed by atoms with Crippen LogP contribution in [-0.4, -0.2) is 42.0 Å². The van der Waals surface area contributed by atoms with Gasteiger partial charge in [-0.05, 0) is 38.0 Å². The van der Waals surface area contributed by atoms with E-state index in [1.165, 1.54) is 17.3 Å². The van der Waals surface area contributed by atoms with E-state index in [0.29, 0.717) is 18.5 Å². The molecule has 0 unspecified atom stereocenters. The second-order valence-corrected chi connectivity index (χ2v) is 7.01. The van der Waals surface area contributed by atoms with Gasteiger partial charge in [0.1, 0.15) is 11.3 Å². The first kappa shape index (κ1) is 15.5. The van der Waals surface area contributed by atoms with Crippen molar-refractivity contribution in [3.8, 4) is 5.75 Å². The summed E-state index contributed by atoms with van der Waals surface area (Å²) in [5.41, 5.74) is 1.04. The van der Waals surface area contributed by atoms with Crippen molar-refractivity contribution < 1.29 is 23.4 Å². The molecule has 0 atom stereocenters. The van der Waals surface area contributed by atoms with Crippen molar-refractivity contribution in [3.05, 3.63) is 34.9 Å². The summed E-state index contributed by atoms with van der Waals surface area (Å²) in [6.45, 7) is 4.12. The minimum atomic E-state index is -3.77. The Labute approximate surface area is 123 Å². The number of phenols is 1. The van der Waals surface area contributed by atoms with Gasteiger partial charge in [0.2, 0.25) is 10.0 Å². The number of hydrogen-bond acceptors (Lipinski definition) is 4. The summed E-state index contributed by atoms with van der Waals surface area (Å²) in [6, 6.07) is 2.19. The van der Waals surface area contributed by atoms with E-state index in [0.717, 1.165) is 11.6 Å². The topological polar surface area (TPSA) is 94.9 Å². The zero-order valence-corrected chi connectivity index (χ0v) is 12.6. The van der Waals surface area contributed by atoms with Gasteiger partial charge in [-0.3, -0.25) is 0 Å². The van der Waals surface area contributed by atoms with Crippen molar-refractivity contribution in [1.29, 1.82) is 0 Å². The van der Waals surface area contributed by atoms with Gasteiger partial charge in [-0.1, -0.05) is 11.6 Å². The van der Waals surface area contributed by atoms with Gasteiger partial charge in [-0.2, -0.15) is 4.31 Å².